The van der Waals surface area contributed by atoms with Gasteiger partial charge in [0, 0.05) is 5.56 Å². The predicted molar refractivity (Wildman–Crippen MR) is 159 cm³/mol. The molecule has 0 N–H and O–H groups in total. The van der Waals surface area contributed by atoms with Crippen LogP contribution in [-0.4, -0.2) is 13.8 Å². The van der Waals surface area contributed by atoms with Crippen molar-refractivity contribution >= 4 is 28.9 Å². The SMILES string of the molecule is C=C(OC)c1c(C)c(C)c(B(c2c(C)cc(C)cc2C)c2c(C)cc(C)cc2C)c(C)c1C.CC. The molecule has 186 valence electrons. The molecule has 0 bridgehead atoms. The summed E-state index contributed by atoms with van der Waals surface area (Å²) in [5, 5.41) is 0. The van der Waals surface area contributed by atoms with Crippen molar-refractivity contribution < 1.29 is 4.74 Å². The molecule has 0 saturated carbocycles. The lowest BCUT2D eigenvalue weighted by molar-refractivity contribution is 0.370. The van der Waals surface area contributed by atoms with Gasteiger partial charge in [-0.1, -0.05) is 106 Å². The van der Waals surface area contributed by atoms with E-state index in [-0.39, 0.29) is 6.71 Å². The first-order valence-electron chi connectivity index (χ1n) is 12.9. The van der Waals surface area contributed by atoms with Gasteiger partial charge in [-0.15, -0.1) is 0 Å². The Morgan fingerprint density at radius 1 is 0.571 bits per heavy atom. The van der Waals surface area contributed by atoms with Crippen LogP contribution < -0.4 is 16.4 Å². The van der Waals surface area contributed by atoms with E-state index in [0.29, 0.717) is 0 Å². The number of hydrogen-bond donors (Lipinski definition) is 0. The standard InChI is InChI=1S/C31H39BO.C2H6/c1-17-13-19(3)29(20(4)14-17)32(30-21(5)15-18(2)16-22(30)6)31-25(9)23(7)28(27(11)33-12)24(8)26(31)10;1-2/h13-16H,11H2,1-10,12H3;1-2H3. The van der Waals surface area contributed by atoms with E-state index >= 15 is 0 Å². The second kappa shape index (κ2) is 11.3. The van der Waals surface area contributed by atoms with Crippen molar-refractivity contribution in [3.05, 3.63) is 92.0 Å². The molecule has 0 unspecified atom stereocenters. The number of benzene rings is 3. The molecule has 35 heavy (non-hydrogen) atoms. The summed E-state index contributed by atoms with van der Waals surface area (Å²) in [6.45, 7) is 30.8. The van der Waals surface area contributed by atoms with Gasteiger partial charge in [-0.3, -0.25) is 0 Å². The molecular formula is C33H45BO. The molecule has 0 saturated heterocycles. The Morgan fingerprint density at radius 2 is 0.886 bits per heavy atom. The molecule has 2 heteroatoms. The van der Waals surface area contributed by atoms with Gasteiger partial charge in [0.1, 0.15) is 5.76 Å². The predicted octanol–water partition coefficient (Wildman–Crippen LogP) is 6.93. The summed E-state index contributed by atoms with van der Waals surface area (Å²) in [5.41, 5.74) is 18.7. The quantitative estimate of drug-likeness (QED) is 0.291. The van der Waals surface area contributed by atoms with Gasteiger partial charge in [-0.05, 0) is 80.4 Å². The van der Waals surface area contributed by atoms with Crippen LogP contribution in [0.15, 0.2) is 30.8 Å². The van der Waals surface area contributed by atoms with Crippen molar-refractivity contribution in [1.29, 1.82) is 0 Å². The van der Waals surface area contributed by atoms with E-state index < -0.39 is 0 Å². The molecule has 0 radical (unpaired) electrons. The number of rotatable bonds is 5. The topological polar surface area (TPSA) is 9.23 Å². The van der Waals surface area contributed by atoms with Crippen molar-refractivity contribution in [2.75, 3.05) is 7.11 Å². The first-order valence-corrected chi connectivity index (χ1v) is 12.9. The summed E-state index contributed by atoms with van der Waals surface area (Å²) in [7, 11) is 1.71. The molecule has 0 aliphatic carbocycles. The lowest BCUT2D eigenvalue weighted by Gasteiger charge is -2.30. The maximum Gasteiger partial charge on any atom is 0.243 e. The molecule has 0 spiro atoms. The van der Waals surface area contributed by atoms with Crippen LogP contribution in [0.5, 0.6) is 0 Å². The summed E-state index contributed by atoms with van der Waals surface area (Å²) < 4.78 is 5.59. The zero-order chi connectivity index (χ0) is 26.8. The minimum absolute atomic E-state index is 0.175. The fourth-order valence-corrected chi connectivity index (χ4v) is 6.02. The van der Waals surface area contributed by atoms with Gasteiger partial charge in [0.25, 0.3) is 0 Å². The Labute approximate surface area is 215 Å². The van der Waals surface area contributed by atoms with E-state index in [0.717, 1.165) is 11.3 Å². The van der Waals surface area contributed by atoms with Gasteiger partial charge in [0.15, 0.2) is 0 Å². The Hall–Kier alpha value is -2.74. The number of methoxy groups -OCH3 is 1. The monoisotopic (exact) mass is 468 g/mol. The van der Waals surface area contributed by atoms with E-state index in [1.807, 2.05) is 13.8 Å². The lowest BCUT2D eigenvalue weighted by Crippen LogP contribution is -2.57. The molecule has 3 rings (SSSR count). The van der Waals surface area contributed by atoms with E-state index in [9.17, 15) is 0 Å². The first kappa shape index (κ1) is 28.5. The fraction of sp³-hybridized carbons (Fsp3) is 0.394. The molecular weight excluding hydrogens is 423 g/mol. The molecule has 0 fully saturated rings. The van der Waals surface area contributed by atoms with Crippen LogP contribution in [0.2, 0.25) is 0 Å². The largest absolute Gasteiger partial charge is 0.497 e. The molecule has 0 atom stereocenters. The summed E-state index contributed by atoms with van der Waals surface area (Å²) in [5.74, 6) is 0.740. The fourth-order valence-electron chi connectivity index (χ4n) is 6.02. The molecule has 0 aliphatic rings. The van der Waals surface area contributed by atoms with E-state index in [2.05, 4.69) is 100 Å². The second-order valence-corrected chi connectivity index (χ2v) is 9.97. The van der Waals surface area contributed by atoms with Crippen LogP contribution in [0.4, 0.5) is 0 Å². The Morgan fingerprint density at radius 3 is 1.17 bits per heavy atom. The maximum absolute atomic E-state index is 5.59. The molecule has 0 heterocycles. The number of ether oxygens (including phenoxy) is 1. The van der Waals surface area contributed by atoms with Gasteiger partial charge in [-0.2, -0.15) is 0 Å². The molecule has 0 aliphatic heterocycles. The third kappa shape index (κ3) is 5.27. The van der Waals surface area contributed by atoms with Gasteiger partial charge < -0.3 is 4.74 Å². The van der Waals surface area contributed by atoms with E-state index in [1.54, 1.807) is 7.11 Å². The van der Waals surface area contributed by atoms with Gasteiger partial charge in [-0.25, -0.2) is 0 Å². The maximum atomic E-state index is 5.59. The van der Waals surface area contributed by atoms with Gasteiger partial charge >= 0.3 is 0 Å². The smallest absolute Gasteiger partial charge is 0.243 e. The number of hydrogen-bond acceptors (Lipinski definition) is 1. The van der Waals surface area contributed by atoms with Crippen LogP contribution in [0.25, 0.3) is 5.76 Å². The molecule has 1 nitrogen and oxygen atoms in total. The minimum atomic E-state index is 0.175. The summed E-state index contributed by atoms with van der Waals surface area (Å²) in [6, 6.07) is 9.33. The Balaban J connectivity index is 0.00000210. The average Bonchev–Trinajstić information content (AvgIpc) is 2.77. The van der Waals surface area contributed by atoms with Crippen LogP contribution in [0.1, 0.15) is 75.0 Å². The van der Waals surface area contributed by atoms with Crippen LogP contribution >= 0.6 is 0 Å². The Bertz CT molecular complexity index is 1130. The van der Waals surface area contributed by atoms with Crippen molar-refractivity contribution in [3.63, 3.8) is 0 Å². The van der Waals surface area contributed by atoms with Gasteiger partial charge in [0.05, 0.1) is 7.11 Å². The van der Waals surface area contributed by atoms with Crippen molar-refractivity contribution in [1.82, 2.24) is 0 Å². The highest BCUT2D eigenvalue weighted by atomic mass is 16.5. The summed E-state index contributed by atoms with van der Waals surface area (Å²) in [4.78, 5) is 0. The van der Waals surface area contributed by atoms with Crippen molar-refractivity contribution in [3.8, 4) is 0 Å². The molecule has 3 aromatic carbocycles. The zero-order valence-corrected chi connectivity index (χ0v) is 24.5. The molecule has 0 amide bonds. The first-order chi connectivity index (χ1) is 16.4. The van der Waals surface area contributed by atoms with E-state index in [4.69, 9.17) is 4.74 Å². The highest BCUT2D eigenvalue weighted by Gasteiger charge is 2.32. The summed E-state index contributed by atoms with van der Waals surface area (Å²) in [6.07, 6.45) is 0. The minimum Gasteiger partial charge on any atom is -0.497 e. The zero-order valence-electron chi connectivity index (χ0n) is 24.5. The van der Waals surface area contributed by atoms with E-state index in [1.165, 1.54) is 72.0 Å². The lowest BCUT2D eigenvalue weighted by atomic mass is 9.32. The van der Waals surface area contributed by atoms with Crippen LogP contribution in [-0.2, 0) is 4.74 Å². The highest BCUT2D eigenvalue weighted by Crippen LogP contribution is 2.27. The van der Waals surface area contributed by atoms with Crippen molar-refractivity contribution in [2.24, 2.45) is 0 Å². The normalized spacial score (nSPS) is 10.5. The van der Waals surface area contributed by atoms with Crippen LogP contribution in [0.3, 0.4) is 0 Å². The second-order valence-electron chi connectivity index (χ2n) is 9.97. The van der Waals surface area contributed by atoms with Gasteiger partial charge in [0.2, 0.25) is 6.71 Å². The third-order valence-electron chi connectivity index (χ3n) is 7.55. The molecule has 0 aromatic heterocycles. The highest BCUT2D eigenvalue weighted by molar-refractivity contribution is 6.97. The van der Waals surface area contributed by atoms with Crippen LogP contribution in [0, 0.1) is 69.2 Å². The Kier molecular flexibility index (Phi) is 9.23. The number of aryl methyl sites for hydroxylation is 6. The van der Waals surface area contributed by atoms with Crippen molar-refractivity contribution in [2.45, 2.75) is 83.1 Å². The molecule has 3 aromatic rings. The average molecular weight is 469 g/mol. The summed E-state index contributed by atoms with van der Waals surface area (Å²) >= 11 is 0. The third-order valence-corrected chi connectivity index (χ3v) is 7.55.